The van der Waals surface area contributed by atoms with Crippen molar-refractivity contribution >= 4 is 27.5 Å². The Morgan fingerprint density at radius 2 is 1.95 bits per heavy atom. The molecule has 0 fully saturated rings. The fourth-order valence-corrected chi connectivity index (χ4v) is 3.32. The van der Waals surface area contributed by atoms with Crippen molar-refractivity contribution in [2.45, 2.75) is 47.1 Å². The van der Waals surface area contributed by atoms with Crippen molar-refractivity contribution in [2.75, 3.05) is 13.7 Å². The lowest BCUT2D eigenvalue weighted by Gasteiger charge is -2.32. The molecule has 0 aromatic heterocycles. The second-order valence-electron chi connectivity index (χ2n) is 6.62. The summed E-state index contributed by atoms with van der Waals surface area (Å²) in [5.74, 6) is 1.44. The van der Waals surface area contributed by atoms with E-state index in [1.807, 2.05) is 12.1 Å². The fraction of sp³-hybridized carbons (Fsp3) is 0.647. The van der Waals surface area contributed by atoms with Crippen molar-refractivity contribution in [1.29, 1.82) is 0 Å². The van der Waals surface area contributed by atoms with Gasteiger partial charge < -0.3 is 10.1 Å². The van der Waals surface area contributed by atoms with Crippen LogP contribution < -0.4 is 10.1 Å². The lowest BCUT2D eigenvalue weighted by molar-refractivity contribution is 0.222. The summed E-state index contributed by atoms with van der Waals surface area (Å²) < 4.78 is 6.48. The van der Waals surface area contributed by atoms with E-state index in [0.29, 0.717) is 5.92 Å². The van der Waals surface area contributed by atoms with E-state index in [1.54, 1.807) is 7.11 Å². The first-order valence-electron chi connectivity index (χ1n) is 7.47. The largest absolute Gasteiger partial charge is 0.495 e. The van der Waals surface area contributed by atoms with Gasteiger partial charge >= 0.3 is 0 Å². The maximum Gasteiger partial charge on any atom is 0.137 e. The molecule has 2 unspecified atom stereocenters. The first kappa shape index (κ1) is 18.8. The van der Waals surface area contributed by atoms with Gasteiger partial charge in [0.1, 0.15) is 5.75 Å². The molecule has 1 aromatic rings. The lowest BCUT2D eigenvalue weighted by Crippen LogP contribution is -2.27. The van der Waals surface area contributed by atoms with E-state index in [1.165, 1.54) is 0 Å². The van der Waals surface area contributed by atoms with Crippen LogP contribution in [-0.4, -0.2) is 13.7 Å². The molecule has 21 heavy (non-hydrogen) atoms. The summed E-state index contributed by atoms with van der Waals surface area (Å²) in [6.45, 7) is 12.2. The number of nitrogens with one attached hydrogen (secondary N) is 1. The number of hydrogen-bond donors (Lipinski definition) is 1. The Hall–Kier alpha value is -0.250. The van der Waals surface area contributed by atoms with Gasteiger partial charge in [-0.05, 0) is 52.4 Å². The van der Waals surface area contributed by atoms with Crippen molar-refractivity contribution in [3.05, 3.63) is 27.2 Å². The molecular weight excluding hydrogens is 350 g/mol. The maximum absolute atomic E-state index is 6.24. The molecule has 0 aliphatic carbocycles. The molecule has 4 heteroatoms. The summed E-state index contributed by atoms with van der Waals surface area (Å²) in [5, 5.41) is 4.30. The highest BCUT2D eigenvalue weighted by Gasteiger charge is 2.26. The summed E-state index contributed by atoms with van der Waals surface area (Å²) in [6.07, 6.45) is 1.04. The quantitative estimate of drug-likeness (QED) is 0.674. The predicted octanol–water partition coefficient (Wildman–Crippen LogP) is 5.83. The molecular formula is C17H27BrClNO. The van der Waals surface area contributed by atoms with E-state index >= 15 is 0 Å². The van der Waals surface area contributed by atoms with Gasteiger partial charge in [0, 0.05) is 16.6 Å². The van der Waals surface area contributed by atoms with E-state index in [9.17, 15) is 0 Å². The van der Waals surface area contributed by atoms with E-state index in [4.69, 9.17) is 16.3 Å². The average Bonchev–Trinajstić information content (AvgIpc) is 2.36. The van der Waals surface area contributed by atoms with Crippen LogP contribution in [0.15, 0.2) is 16.6 Å². The van der Waals surface area contributed by atoms with Gasteiger partial charge in [-0.2, -0.15) is 0 Å². The van der Waals surface area contributed by atoms with Crippen molar-refractivity contribution in [1.82, 2.24) is 5.32 Å². The van der Waals surface area contributed by atoms with Gasteiger partial charge in [0.05, 0.1) is 11.6 Å². The summed E-state index contributed by atoms with van der Waals surface area (Å²) in [7, 11) is 1.70. The fourth-order valence-electron chi connectivity index (χ4n) is 2.33. The third kappa shape index (κ3) is 5.15. The summed E-state index contributed by atoms with van der Waals surface area (Å²) in [6, 6.07) is 4.11. The number of methoxy groups -OCH3 is 1. The van der Waals surface area contributed by atoms with Crippen LogP contribution in [0, 0.1) is 11.3 Å². The minimum atomic E-state index is 0.231. The van der Waals surface area contributed by atoms with Crippen LogP contribution in [0.1, 0.15) is 52.6 Å². The second kappa shape index (κ2) is 7.85. The van der Waals surface area contributed by atoms with Gasteiger partial charge in [-0.25, -0.2) is 0 Å². The first-order chi connectivity index (χ1) is 9.70. The topological polar surface area (TPSA) is 21.3 Å². The molecule has 0 radical (unpaired) electrons. The van der Waals surface area contributed by atoms with E-state index < -0.39 is 0 Å². The molecule has 1 rings (SSSR count). The molecule has 0 heterocycles. The van der Waals surface area contributed by atoms with Crippen molar-refractivity contribution in [3.8, 4) is 5.75 Å². The van der Waals surface area contributed by atoms with Crippen molar-refractivity contribution in [2.24, 2.45) is 11.3 Å². The SMILES string of the molecule is CCNC(CC(C)C(C)(C)C)c1cc(Cl)cc(Br)c1OC. The highest BCUT2D eigenvalue weighted by Crippen LogP contribution is 2.40. The summed E-state index contributed by atoms with van der Waals surface area (Å²) >= 11 is 9.78. The zero-order valence-corrected chi connectivity index (χ0v) is 16.2. The van der Waals surface area contributed by atoms with Gasteiger partial charge in [-0.15, -0.1) is 0 Å². The molecule has 0 aliphatic rings. The number of hydrogen-bond acceptors (Lipinski definition) is 2. The first-order valence-corrected chi connectivity index (χ1v) is 8.64. The molecule has 0 aliphatic heterocycles. The molecule has 1 aromatic carbocycles. The van der Waals surface area contributed by atoms with Crippen LogP contribution in [0.2, 0.25) is 5.02 Å². The van der Waals surface area contributed by atoms with Gasteiger partial charge in [0.15, 0.2) is 0 Å². The Morgan fingerprint density at radius 3 is 2.43 bits per heavy atom. The predicted molar refractivity (Wildman–Crippen MR) is 95.4 cm³/mol. The van der Waals surface area contributed by atoms with E-state index in [0.717, 1.165) is 33.8 Å². The minimum Gasteiger partial charge on any atom is -0.495 e. The van der Waals surface area contributed by atoms with Crippen LogP contribution in [-0.2, 0) is 0 Å². The maximum atomic E-state index is 6.24. The van der Waals surface area contributed by atoms with Crippen LogP contribution in [0.3, 0.4) is 0 Å². The Labute approximate surface area is 142 Å². The standard InChI is InChI=1S/C17H27BrClNO/c1-7-20-15(8-11(2)17(3,4)5)13-9-12(19)10-14(18)16(13)21-6/h9-11,15,20H,7-8H2,1-6H3. The van der Waals surface area contributed by atoms with Gasteiger partial charge in [0.2, 0.25) is 0 Å². The second-order valence-corrected chi connectivity index (χ2v) is 7.91. The molecule has 2 atom stereocenters. The van der Waals surface area contributed by atoms with Crippen molar-refractivity contribution in [3.63, 3.8) is 0 Å². The van der Waals surface area contributed by atoms with Gasteiger partial charge in [-0.1, -0.05) is 46.2 Å². The highest BCUT2D eigenvalue weighted by molar-refractivity contribution is 9.10. The molecule has 1 N–H and O–H groups in total. The monoisotopic (exact) mass is 375 g/mol. The number of halogens is 2. The molecule has 0 saturated carbocycles. The molecule has 2 nitrogen and oxygen atoms in total. The van der Waals surface area contributed by atoms with Crippen molar-refractivity contribution < 1.29 is 4.74 Å². The van der Waals surface area contributed by atoms with E-state index in [-0.39, 0.29) is 11.5 Å². The van der Waals surface area contributed by atoms with Crippen LogP contribution in [0.5, 0.6) is 5.75 Å². The van der Waals surface area contributed by atoms with Crippen LogP contribution in [0.25, 0.3) is 0 Å². The van der Waals surface area contributed by atoms with Gasteiger partial charge in [-0.3, -0.25) is 0 Å². The Balaban J connectivity index is 3.16. The van der Waals surface area contributed by atoms with Crippen LogP contribution >= 0.6 is 27.5 Å². The molecule has 0 bridgehead atoms. The molecule has 120 valence electrons. The minimum absolute atomic E-state index is 0.231. The number of rotatable bonds is 6. The third-order valence-electron chi connectivity index (χ3n) is 4.13. The van der Waals surface area contributed by atoms with Crippen LogP contribution in [0.4, 0.5) is 0 Å². The lowest BCUT2D eigenvalue weighted by atomic mass is 9.77. The highest BCUT2D eigenvalue weighted by atomic mass is 79.9. The van der Waals surface area contributed by atoms with E-state index in [2.05, 4.69) is 55.9 Å². The Kier molecular flexibility index (Phi) is 7.02. The molecule has 0 saturated heterocycles. The molecule has 0 amide bonds. The third-order valence-corrected chi connectivity index (χ3v) is 4.94. The molecule has 0 spiro atoms. The number of benzene rings is 1. The Morgan fingerprint density at radius 1 is 1.33 bits per heavy atom. The summed E-state index contributed by atoms with van der Waals surface area (Å²) in [5.41, 5.74) is 1.39. The average molecular weight is 377 g/mol. The Bertz CT molecular complexity index is 471. The zero-order chi connectivity index (χ0) is 16.2. The number of ether oxygens (including phenoxy) is 1. The normalized spacial score (nSPS) is 14.9. The smallest absolute Gasteiger partial charge is 0.137 e. The zero-order valence-electron chi connectivity index (χ0n) is 13.9. The summed E-state index contributed by atoms with van der Waals surface area (Å²) in [4.78, 5) is 0. The van der Waals surface area contributed by atoms with Gasteiger partial charge in [0.25, 0.3) is 0 Å².